The monoisotopic (exact) mass is 472 g/mol. The maximum Gasteiger partial charge on any atom is 0.407 e. The van der Waals surface area contributed by atoms with Crippen molar-refractivity contribution in [2.75, 3.05) is 0 Å². The van der Waals surface area contributed by atoms with Crippen molar-refractivity contribution in [3.8, 4) is 0 Å². The van der Waals surface area contributed by atoms with E-state index in [1.54, 1.807) is 20.8 Å². The number of nitrogens with two attached hydrogens (primary N) is 1. The molecule has 0 aliphatic carbocycles. The van der Waals surface area contributed by atoms with Crippen LogP contribution in [0.5, 0.6) is 0 Å². The fraction of sp³-hybridized carbons (Fsp3) is 0.500. The normalized spacial score (nSPS) is 13.3. The number of aliphatic carboxylic acids is 1. The quantitative estimate of drug-likeness (QED) is 0.422. The second-order valence-corrected chi connectivity index (χ2v) is 9.49. The van der Waals surface area contributed by atoms with Gasteiger partial charge in [0.15, 0.2) is 0 Å². The van der Waals surface area contributed by atoms with Gasteiger partial charge in [-0.05, 0) is 74.9 Å². The van der Waals surface area contributed by atoms with Crippen molar-refractivity contribution in [1.29, 1.82) is 0 Å². The zero-order valence-electron chi connectivity index (χ0n) is 20.4. The van der Waals surface area contributed by atoms with Gasteiger partial charge >= 0.3 is 12.1 Å². The van der Waals surface area contributed by atoms with Crippen molar-refractivity contribution >= 4 is 28.7 Å². The molecule has 2 rings (SSSR count). The number of carboxylic acid groups (broad SMARTS) is 1. The second-order valence-electron chi connectivity index (χ2n) is 9.49. The largest absolute Gasteiger partial charge is 0.481 e. The smallest absolute Gasteiger partial charge is 0.407 e. The number of rotatable bonds is 12. The Morgan fingerprint density at radius 1 is 1.12 bits per heavy atom. The van der Waals surface area contributed by atoms with E-state index in [4.69, 9.17) is 20.3 Å². The first-order chi connectivity index (χ1) is 15.9. The van der Waals surface area contributed by atoms with E-state index in [9.17, 15) is 14.4 Å². The maximum atomic E-state index is 12.2. The van der Waals surface area contributed by atoms with Gasteiger partial charge in [-0.3, -0.25) is 9.59 Å². The molecule has 2 aromatic carbocycles. The van der Waals surface area contributed by atoms with Gasteiger partial charge in [0.1, 0.15) is 5.60 Å². The molecular formula is C26H36N2O6. The van der Waals surface area contributed by atoms with E-state index >= 15 is 0 Å². The Balaban J connectivity index is 2.04. The summed E-state index contributed by atoms with van der Waals surface area (Å²) in [6.45, 7) is 7.50. The van der Waals surface area contributed by atoms with Gasteiger partial charge in [-0.1, -0.05) is 30.3 Å². The third-order valence-corrected chi connectivity index (χ3v) is 5.36. The Morgan fingerprint density at radius 2 is 1.85 bits per heavy atom. The third-order valence-electron chi connectivity index (χ3n) is 5.36. The first kappa shape index (κ1) is 27.1. The van der Waals surface area contributed by atoms with Crippen molar-refractivity contribution < 1.29 is 29.0 Å². The summed E-state index contributed by atoms with van der Waals surface area (Å²) >= 11 is 0. The van der Waals surface area contributed by atoms with Crippen molar-refractivity contribution in [3.63, 3.8) is 0 Å². The Hall–Kier alpha value is -3.13. The molecule has 186 valence electrons. The molecular weight excluding hydrogens is 436 g/mol. The molecule has 0 heterocycles. The minimum absolute atomic E-state index is 0.120. The number of ether oxygens (including phenoxy) is 2. The number of carbonyl (C=O) groups is 3. The highest BCUT2D eigenvalue weighted by Crippen LogP contribution is 2.23. The van der Waals surface area contributed by atoms with Crippen LogP contribution >= 0.6 is 0 Å². The number of fused-ring (bicyclic) bond motifs is 1. The van der Waals surface area contributed by atoms with Gasteiger partial charge in [-0.2, -0.15) is 0 Å². The lowest BCUT2D eigenvalue weighted by molar-refractivity contribution is -0.137. The maximum absolute atomic E-state index is 12.2. The number of benzene rings is 2. The summed E-state index contributed by atoms with van der Waals surface area (Å²) in [6.07, 6.45) is 0.947. The average Bonchev–Trinajstić information content (AvgIpc) is 2.73. The Bertz CT molecular complexity index is 998. The zero-order chi connectivity index (χ0) is 25.3. The minimum atomic E-state index is -0.788. The Morgan fingerprint density at radius 3 is 2.50 bits per heavy atom. The number of carbonyl (C=O) groups excluding carboxylic acids is 2. The molecule has 2 aromatic rings. The van der Waals surface area contributed by atoms with E-state index in [-0.39, 0.29) is 18.9 Å². The van der Waals surface area contributed by atoms with Crippen molar-refractivity contribution in [2.45, 2.75) is 84.2 Å². The molecule has 0 fully saturated rings. The van der Waals surface area contributed by atoms with Crippen molar-refractivity contribution in [1.82, 2.24) is 5.32 Å². The lowest BCUT2D eigenvalue weighted by Crippen LogP contribution is -2.45. The first-order valence-corrected chi connectivity index (χ1v) is 11.6. The molecule has 0 aromatic heterocycles. The molecule has 8 heteroatoms. The van der Waals surface area contributed by atoms with E-state index in [0.717, 1.165) is 21.9 Å². The number of aryl methyl sites for hydroxylation is 1. The van der Waals surface area contributed by atoms with Gasteiger partial charge in [0.2, 0.25) is 5.91 Å². The van der Waals surface area contributed by atoms with E-state index in [0.29, 0.717) is 25.9 Å². The molecule has 4 N–H and O–H groups in total. The predicted molar refractivity (Wildman–Crippen MR) is 130 cm³/mol. The highest BCUT2D eigenvalue weighted by molar-refractivity contribution is 5.86. The summed E-state index contributed by atoms with van der Waals surface area (Å²) < 4.78 is 11.4. The molecule has 8 nitrogen and oxygen atoms in total. The topological polar surface area (TPSA) is 128 Å². The van der Waals surface area contributed by atoms with Gasteiger partial charge in [-0.15, -0.1) is 0 Å². The standard InChI is InChI=1S/C26H36N2O6/c1-17(22(13-14-23(27)29)28-25(32)34-26(2,3)4)33-16-18-11-12-21-19(8-6-10-24(30)31)7-5-9-20(21)15-18/h5,7,9,11-12,15,17,22H,6,8,10,13-14,16H2,1-4H3,(H2,27,29)(H,28,32)(H,30,31)/t17-,22+/m1/s1. The third kappa shape index (κ3) is 9.39. The number of hydrogen-bond donors (Lipinski definition) is 3. The van der Waals surface area contributed by atoms with Crippen LogP contribution in [0, 0.1) is 0 Å². The summed E-state index contributed by atoms with van der Waals surface area (Å²) in [5.41, 5.74) is 6.74. The predicted octanol–water partition coefficient (Wildman–Crippen LogP) is 4.31. The highest BCUT2D eigenvalue weighted by Gasteiger charge is 2.24. The van der Waals surface area contributed by atoms with Crippen LogP contribution in [0.1, 0.15) is 64.5 Å². The molecule has 2 atom stereocenters. The Kier molecular flexibility index (Phi) is 9.86. The summed E-state index contributed by atoms with van der Waals surface area (Å²) in [4.78, 5) is 34.3. The molecule has 0 saturated carbocycles. The van der Waals surface area contributed by atoms with Crippen LogP contribution in [-0.4, -0.2) is 40.8 Å². The first-order valence-electron chi connectivity index (χ1n) is 11.6. The molecule has 34 heavy (non-hydrogen) atoms. The number of alkyl carbamates (subject to hydrolysis) is 1. The molecule has 2 amide bonds. The molecule has 0 aliphatic heterocycles. The van der Waals surface area contributed by atoms with Gasteiger partial charge in [0.05, 0.1) is 18.8 Å². The van der Waals surface area contributed by atoms with E-state index in [1.807, 2.05) is 43.3 Å². The van der Waals surface area contributed by atoms with Gasteiger partial charge < -0.3 is 25.6 Å². The molecule has 0 unspecified atom stereocenters. The SMILES string of the molecule is C[C@@H](OCc1ccc2c(CCCC(=O)O)cccc2c1)[C@H](CCC(N)=O)NC(=O)OC(C)(C)C. The van der Waals surface area contributed by atoms with Crippen LogP contribution in [0.3, 0.4) is 0 Å². The Labute approximate surface area is 200 Å². The zero-order valence-corrected chi connectivity index (χ0v) is 20.4. The molecule has 0 spiro atoms. The summed E-state index contributed by atoms with van der Waals surface area (Å²) in [6, 6.07) is 11.6. The van der Waals surface area contributed by atoms with Crippen LogP contribution in [0.25, 0.3) is 10.8 Å². The number of amides is 2. The molecule has 0 aliphatic rings. The van der Waals surface area contributed by atoms with Crippen molar-refractivity contribution in [2.24, 2.45) is 5.73 Å². The number of nitrogens with one attached hydrogen (secondary N) is 1. The second kappa shape index (κ2) is 12.4. The van der Waals surface area contributed by atoms with Crippen LogP contribution in [0.4, 0.5) is 4.79 Å². The van der Waals surface area contributed by atoms with Crippen LogP contribution in [0.2, 0.25) is 0 Å². The molecule has 0 saturated heterocycles. The molecule has 0 radical (unpaired) electrons. The minimum Gasteiger partial charge on any atom is -0.481 e. The number of primary amides is 1. The van der Waals surface area contributed by atoms with Crippen LogP contribution in [-0.2, 0) is 32.1 Å². The van der Waals surface area contributed by atoms with E-state index in [2.05, 4.69) is 5.32 Å². The van der Waals surface area contributed by atoms with E-state index < -0.39 is 29.6 Å². The highest BCUT2D eigenvalue weighted by atomic mass is 16.6. The lowest BCUT2D eigenvalue weighted by atomic mass is 9.98. The van der Waals surface area contributed by atoms with Crippen LogP contribution in [0.15, 0.2) is 36.4 Å². The van der Waals surface area contributed by atoms with Crippen molar-refractivity contribution in [3.05, 3.63) is 47.5 Å². The molecule has 0 bridgehead atoms. The van der Waals surface area contributed by atoms with Gasteiger partial charge in [0, 0.05) is 12.8 Å². The van der Waals surface area contributed by atoms with E-state index in [1.165, 1.54) is 0 Å². The number of hydrogen-bond acceptors (Lipinski definition) is 5. The van der Waals surface area contributed by atoms with Gasteiger partial charge in [-0.25, -0.2) is 4.79 Å². The summed E-state index contributed by atoms with van der Waals surface area (Å²) in [5.74, 6) is -1.24. The van der Waals surface area contributed by atoms with Gasteiger partial charge in [0.25, 0.3) is 0 Å². The number of carboxylic acids is 1. The fourth-order valence-corrected chi connectivity index (χ4v) is 3.66. The lowest BCUT2D eigenvalue weighted by Gasteiger charge is -2.27. The van der Waals surface area contributed by atoms with Crippen LogP contribution < -0.4 is 11.1 Å². The summed E-state index contributed by atoms with van der Waals surface area (Å²) in [5, 5.41) is 13.8. The average molecular weight is 473 g/mol. The summed E-state index contributed by atoms with van der Waals surface area (Å²) in [7, 11) is 0. The fourth-order valence-electron chi connectivity index (χ4n) is 3.66.